The van der Waals surface area contributed by atoms with Gasteiger partial charge in [0.2, 0.25) is 5.82 Å². The Morgan fingerprint density at radius 2 is 1.33 bits per heavy atom. The van der Waals surface area contributed by atoms with Crippen molar-refractivity contribution < 1.29 is 26.7 Å². The van der Waals surface area contributed by atoms with Crippen LogP contribution >= 0.6 is 0 Å². The van der Waals surface area contributed by atoms with Crippen molar-refractivity contribution in [2.24, 2.45) is 0 Å². The minimum atomic E-state index is -2.29. The van der Waals surface area contributed by atoms with Crippen LogP contribution in [0.3, 0.4) is 0 Å². The molecule has 2 aromatic carbocycles. The number of amides is 1. The second-order valence-electron chi connectivity index (χ2n) is 5.46. The average Bonchev–Trinajstić information content (AvgIpc) is 2.56. The van der Waals surface area contributed by atoms with Crippen LogP contribution in [0.5, 0.6) is 0 Å². The van der Waals surface area contributed by atoms with Crippen LogP contribution in [-0.4, -0.2) is 16.8 Å². The third-order valence-corrected chi connectivity index (χ3v) is 3.50. The summed E-state index contributed by atoms with van der Waals surface area (Å²) in [5.74, 6) is -12.1. The highest BCUT2D eigenvalue weighted by Gasteiger charge is 2.32. The minimum absolute atomic E-state index is 0.0309. The van der Waals surface area contributed by atoms with Crippen molar-refractivity contribution in [3.05, 3.63) is 70.5 Å². The number of hydrogen-bond acceptors (Lipinski definition) is 1. The maximum Gasteiger partial charge on any atom is 0.260 e. The van der Waals surface area contributed by atoms with E-state index in [9.17, 15) is 26.7 Å². The zero-order valence-electron chi connectivity index (χ0n) is 12.9. The average molecular weight is 343 g/mol. The highest BCUT2D eigenvalue weighted by molar-refractivity contribution is 5.95. The third-order valence-electron chi connectivity index (χ3n) is 3.50. The summed E-state index contributed by atoms with van der Waals surface area (Å²) >= 11 is 0. The number of nitrogens with zero attached hydrogens (tertiary/aromatic N) is 1. The molecule has 0 aliphatic rings. The van der Waals surface area contributed by atoms with Gasteiger partial charge >= 0.3 is 0 Å². The van der Waals surface area contributed by atoms with Crippen molar-refractivity contribution in [1.29, 1.82) is 0 Å². The van der Waals surface area contributed by atoms with Gasteiger partial charge in [0.15, 0.2) is 23.3 Å². The molecular weight excluding hydrogens is 329 g/mol. The van der Waals surface area contributed by atoms with Gasteiger partial charge in [0.25, 0.3) is 5.91 Å². The van der Waals surface area contributed by atoms with Gasteiger partial charge in [-0.05, 0) is 19.4 Å². The molecule has 2 nitrogen and oxygen atoms in total. The van der Waals surface area contributed by atoms with Crippen LogP contribution in [-0.2, 0) is 6.54 Å². The van der Waals surface area contributed by atoms with E-state index < -0.39 is 46.6 Å². The van der Waals surface area contributed by atoms with Crippen molar-refractivity contribution >= 4 is 5.91 Å². The summed E-state index contributed by atoms with van der Waals surface area (Å²) < 4.78 is 67.5. The number of carbonyl (C=O) groups excluding carboxylic acids is 1. The fourth-order valence-corrected chi connectivity index (χ4v) is 2.21. The Hall–Kier alpha value is -2.44. The smallest absolute Gasteiger partial charge is 0.260 e. The van der Waals surface area contributed by atoms with Gasteiger partial charge in [-0.1, -0.05) is 30.3 Å². The first-order chi connectivity index (χ1) is 11.3. The number of benzene rings is 2. The molecule has 0 saturated carbocycles. The number of halogens is 5. The Bertz CT molecular complexity index is 732. The fraction of sp³-hybridized carbons (Fsp3) is 0.235. The first-order valence-corrected chi connectivity index (χ1v) is 7.12. The lowest BCUT2D eigenvalue weighted by molar-refractivity contribution is 0.0676. The summed E-state index contributed by atoms with van der Waals surface area (Å²) in [6.07, 6.45) is 0. The Labute approximate surface area is 135 Å². The van der Waals surface area contributed by atoms with E-state index in [1.54, 1.807) is 44.2 Å². The lowest BCUT2D eigenvalue weighted by Crippen LogP contribution is -2.38. The number of rotatable bonds is 4. The molecular formula is C17H14F5NO. The van der Waals surface area contributed by atoms with Gasteiger partial charge in [-0.2, -0.15) is 0 Å². The summed E-state index contributed by atoms with van der Waals surface area (Å²) in [5, 5.41) is 0. The van der Waals surface area contributed by atoms with E-state index in [4.69, 9.17) is 0 Å². The zero-order valence-corrected chi connectivity index (χ0v) is 12.9. The SMILES string of the molecule is CC(C)N(Cc1ccccc1)C(=O)c1c(F)c(F)c(F)c(F)c1F. The van der Waals surface area contributed by atoms with Crippen LogP contribution in [0.1, 0.15) is 29.8 Å². The van der Waals surface area contributed by atoms with Crippen molar-refractivity contribution in [3.63, 3.8) is 0 Å². The van der Waals surface area contributed by atoms with Crippen LogP contribution in [0.15, 0.2) is 30.3 Å². The van der Waals surface area contributed by atoms with Gasteiger partial charge in [0, 0.05) is 12.6 Å². The molecule has 0 bridgehead atoms. The second-order valence-corrected chi connectivity index (χ2v) is 5.46. The van der Waals surface area contributed by atoms with E-state index in [1.165, 1.54) is 0 Å². The highest BCUT2D eigenvalue weighted by Crippen LogP contribution is 2.25. The molecule has 0 atom stereocenters. The Kier molecular flexibility index (Phi) is 5.21. The van der Waals surface area contributed by atoms with E-state index in [-0.39, 0.29) is 6.54 Å². The molecule has 24 heavy (non-hydrogen) atoms. The predicted molar refractivity (Wildman–Crippen MR) is 77.7 cm³/mol. The van der Waals surface area contributed by atoms with Crippen molar-refractivity contribution in [2.45, 2.75) is 26.4 Å². The molecule has 0 aliphatic carbocycles. The minimum Gasteiger partial charge on any atom is -0.332 e. The monoisotopic (exact) mass is 343 g/mol. The van der Waals surface area contributed by atoms with Crippen molar-refractivity contribution in [3.8, 4) is 0 Å². The first kappa shape index (κ1) is 17.9. The van der Waals surface area contributed by atoms with Gasteiger partial charge in [-0.15, -0.1) is 0 Å². The van der Waals surface area contributed by atoms with Crippen molar-refractivity contribution in [1.82, 2.24) is 4.90 Å². The molecule has 2 rings (SSSR count). The fourth-order valence-electron chi connectivity index (χ4n) is 2.21. The van der Waals surface area contributed by atoms with Crippen LogP contribution in [0, 0.1) is 29.1 Å². The molecule has 128 valence electrons. The molecule has 0 heterocycles. The molecule has 1 amide bonds. The van der Waals surface area contributed by atoms with Gasteiger partial charge in [0.05, 0.1) is 0 Å². The molecule has 0 spiro atoms. The lowest BCUT2D eigenvalue weighted by atomic mass is 10.1. The standard InChI is InChI=1S/C17H14F5NO/c1-9(2)23(8-10-6-4-3-5-7-10)17(24)11-12(18)14(20)16(22)15(21)13(11)19/h3-7,9H,8H2,1-2H3. The molecule has 0 aromatic heterocycles. The van der Waals surface area contributed by atoms with Crippen LogP contribution < -0.4 is 0 Å². The molecule has 0 saturated heterocycles. The Morgan fingerprint density at radius 1 is 0.875 bits per heavy atom. The molecule has 0 unspecified atom stereocenters. The Balaban J connectivity index is 2.48. The first-order valence-electron chi connectivity index (χ1n) is 7.12. The third kappa shape index (κ3) is 3.25. The van der Waals surface area contributed by atoms with Gasteiger partial charge in [-0.3, -0.25) is 4.79 Å². The Morgan fingerprint density at radius 3 is 1.79 bits per heavy atom. The van der Waals surface area contributed by atoms with E-state index in [1.807, 2.05) is 0 Å². The van der Waals surface area contributed by atoms with Crippen LogP contribution in [0.4, 0.5) is 22.0 Å². The molecule has 2 aromatic rings. The van der Waals surface area contributed by atoms with Crippen LogP contribution in [0.25, 0.3) is 0 Å². The maximum atomic E-state index is 13.8. The van der Waals surface area contributed by atoms with E-state index in [0.29, 0.717) is 5.56 Å². The van der Waals surface area contributed by atoms with E-state index in [0.717, 1.165) is 4.90 Å². The summed E-state index contributed by atoms with van der Waals surface area (Å²) in [6, 6.07) is 8.00. The summed E-state index contributed by atoms with van der Waals surface area (Å²) in [6.45, 7) is 3.12. The molecule has 0 N–H and O–H groups in total. The summed E-state index contributed by atoms with van der Waals surface area (Å²) in [7, 11) is 0. The number of hydrogen-bond donors (Lipinski definition) is 0. The maximum absolute atomic E-state index is 13.8. The normalized spacial score (nSPS) is 11.0. The largest absolute Gasteiger partial charge is 0.332 e. The highest BCUT2D eigenvalue weighted by atomic mass is 19.2. The lowest BCUT2D eigenvalue weighted by Gasteiger charge is -2.27. The summed E-state index contributed by atoms with van der Waals surface area (Å²) in [4.78, 5) is 13.5. The van der Waals surface area contributed by atoms with E-state index in [2.05, 4.69) is 0 Å². The molecule has 7 heteroatoms. The topological polar surface area (TPSA) is 20.3 Å². The predicted octanol–water partition coefficient (Wildman–Crippen LogP) is 4.43. The van der Waals surface area contributed by atoms with E-state index >= 15 is 0 Å². The van der Waals surface area contributed by atoms with Gasteiger partial charge < -0.3 is 4.90 Å². The van der Waals surface area contributed by atoms with Crippen molar-refractivity contribution in [2.75, 3.05) is 0 Å². The second kappa shape index (κ2) is 6.98. The molecule has 0 fully saturated rings. The van der Waals surface area contributed by atoms with Crippen LogP contribution in [0.2, 0.25) is 0 Å². The quantitative estimate of drug-likeness (QED) is 0.457. The van der Waals surface area contributed by atoms with Gasteiger partial charge in [-0.25, -0.2) is 22.0 Å². The zero-order chi connectivity index (χ0) is 18.0. The summed E-state index contributed by atoms with van der Waals surface area (Å²) in [5.41, 5.74) is -0.792. The van der Waals surface area contributed by atoms with Gasteiger partial charge in [0.1, 0.15) is 5.56 Å². The molecule has 0 radical (unpaired) electrons. The molecule has 0 aliphatic heterocycles. The number of carbonyl (C=O) groups is 1.